The van der Waals surface area contributed by atoms with Crippen LogP contribution >= 0.6 is 11.3 Å². The van der Waals surface area contributed by atoms with Crippen molar-refractivity contribution < 1.29 is 14.3 Å². The Morgan fingerprint density at radius 2 is 2.00 bits per heavy atom. The number of nitrogens with zero attached hydrogens (tertiary/aromatic N) is 1. The lowest BCUT2D eigenvalue weighted by molar-refractivity contribution is 0.0528. The molecule has 2 amide bonds. The third-order valence-electron chi connectivity index (χ3n) is 6.54. The van der Waals surface area contributed by atoms with Crippen molar-refractivity contribution in [3.63, 3.8) is 0 Å². The van der Waals surface area contributed by atoms with Gasteiger partial charge in [-0.15, -0.1) is 11.3 Å². The molecular formula is C21H31N3O3S. The Balaban J connectivity index is 1.24. The fourth-order valence-corrected chi connectivity index (χ4v) is 6.37. The first kappa shape index (κ1) is 19.7. The Labute approximate surface area is 170 Å². The minimum atomic E-state index is -0.505. The van der Waals surface area contributed by atoms with Crippen molar-refractivity contribution >= 4 is 23.3 Å². The molecule has 0 radical (unpaired) electrons. The topological polar surface area (TPSA) is 80.3 Å². The predicted octanol–water partition coefficient (Wildman–Crippen LogP) is 3.76. The van der Waals surface area contributed by atoms with E-state index < -0.39 is 11.7 Å². The minimum Gasteiger partial charge on any atom is -0.444 e. The summed E-state index contributed by atoms with van der Waals surface area (Å²) < 4.78 is 5.22. The lowest BCUT2D eigenvalue weighted by Crippen LogP contribution is -2.42. The number of thiazole rings is 1. The van der Waals surface area contributed by atoms with Gasteiger partial charge in [-0.3, -0.25) is 4.79 Å². The maximum Gasteiger partial charge on any atom is 0.407 e. The zero-order valence-corrected chi connectivity index (χ0v) is 17.8. The number of carbonyl (C=O) groups is 2. The molecule has 3 aliphatic rings. The van der Waals surface area contributed by atoms with Crippen LogP contribution < -0.4 is 10.6 Å². The van der Waals surface area contributed by atoms with Gasteiger partial charge in [0.2, 0.25) is 0 Å². The third-order valence-corrected chi connectivity index (χ3v) is 7.45. The number of carbonyl (C=O) groups excluding carboxylic acids is 2. The summed E-state index contributed by atoms with van der Waals surface area (Å²) in [6.45, 7) is 5.95. The number of fused-ring (bicyclic) bond motifs is 5. The van der Waals surface area contributed by atoms with Crippen LogP contribution in [0.15, 0.2) is 5.38 Å². The highest BCUT2D eigenvalue weighted by Crippen LogP contribution is 2.58. The molecule has 28 heavy (non-hydrogen) atoms. The van der Waals surface area contributed by atoms with Gasteiger partial charge in [-0.25, -0.2) is 9.78 Å². The Morgan fingerprint density at radius 3 is 2.79 bits per heavy atom. The van der Waals surface area contributed by atoms with E-state index in [1.54, 1.807) is 0 Å². The molecule has 5 unspecified atom stereocenters. The summed E-state index contributed by atoms with van der Waals surface area (Å²) in [5.41, 5.74) is -0.00244. The molecule has 0 aliphatic heterocycles. The Morgan fingerprint density at radius 1 is 1.21 bits per heavy atom. The maximum atomic E-state index is 12.7. The molecule has 3 aliphatic carbocycles. The van der Waals surface area contributed by atoms with Gasteiger partial charge in [0.1, 0.15) is 11.3 Å². The van der Waals surface area contributed by atoms with Gasteiger partial charge >= 0.3 is 6.09 Å². The molecule has 7 heteroatoms. The van der Waals surface area contributed by atoms with Crippen LogP contribution in [0.2, 0.25) is 0 Å². The van der Waals surface area contributed by atoms with E-state index in [9.17, 15) is 9.59 Å². The molecule has 1 heterocycles. The van der Waals surface area contributed by atoms with Gasteiger partial charge in [-0.05, 0) is 70.1 Å². The van der Waals surface area contributed by atoms with E-state index in [0.29, 0.717) is 30.6 Å². The highest BCUT2D eigenvalue weighted by atomic mass is 32.1. The average molecular weight is 406 g/mol. The highest BCUT2D eigenvalue weighted by molar-refractivity contribution is 7.09. The van der Waals surface area contributed by atoms with Crippen molar-refractivity contribution in [3.8, 4) is 0 Å². The molecule has 3 fully saturated rings. The molecular weight excluding hydrogens is 374 g/mol. The molecule has 2 bridgehead atoms. The first-order chi connectivity index (χ1) is 13.3. The lowest BCUT2D eigenvalue weighted by atomic mass is 9.79. The SMILES string of the molecule is CC(C)(C)OC(=O)NCCc1nc(C(=O)NC2CC3CC2C2CCCC32)cs1. The number of rotatable bonds is 5. The highest BCUT2D eigenvalue weighted by Gasteiger charge is 2.54. The predicted molar refractivity (Wildman–Crippen MR) is 108 cm³/mol. The van der Waals surface area contributed by atoms with Crippen LogP contribution in [0.25, 0.3) is 0 Å². The van der Waals surface area contributed by atoms with Gasteiger partial charge in [0.15, 0.2) is 0 Å². The molecule has 154 valence electrons. The fourth-order valence-electron chi connectivity index (χ4n) is 5.59. The van der Waals surface area contributed by atoms with E-state index in [0.717, 1.165) is 29.2 Å². The first-order valence-corrected chi connectivity index (χ1v) is 11.4. The van der Waals surface area contributed by atoms with Crippen LogP contribution in [-0.4, -0.2) is 35.2 Å². The van der Waals surface area contributed by atoms with E-state index in [-0.39, 0.29) is 5.91 Å². The van der Waals surface area contributed by atoms with Crippen molar-refractivity contribution in [2.75, 3.05) is 6.54 Å². The molecule has 4 rings (SSSR count). The molecule has 5 atom stereocenters. The van der Waals surface area contributed by atoms with Crippen LogP contribution in [0.1, 0.15) is 68.4 Å². The summed E-state index contributed by atoms with van der Waals surface area (Å²) in [5.74, 6) is 3.23. The number of ether oxygens (including phenoxy) is 1. The second-order valence-corrected chi connectivity index (χ2v) is 10.5. The van der Waals surface area contributed by atoms with E-state index in [1.165, 1.54) is 37.0 Å². The number of aromatic nitrogens is 1. The monoisotopic (exact) mass is 405 g/mol. The summed E-state index contributed by atoms with van der Waals surface area (Å²) in [7, 11) is 0. The van der Waals surface area contributed by atoms with Crippen LogP contribution in [0.4, 0.5) is 4.79 Å². The second kappa shape index (κ2) is 7.65. The summed E-state index contributed by atoms with van der Waals surface area (Å²) >= 11 is 1.47. The molecule has 2 N–H and O–H groups in total. The lowest BCUT2D eigenvalue weighted by Gasteiger charge is -2.31. The van der Waals surface area contributed by atoms with Crippen molar-refractivity contribution in [1.29, 1.82) is 0 Å². The molecule has 0 saturated heterocycles. The number of nitrogens with one attached hydrogen (secondary N) is 2. The number of amides is 2. The molecule has 6 nitrogen and oxygen atoms in total. The Kier molecular flexibility index (Phi) is 5.38. The summed E-state index contributed by atoms with van der Waals surface area (Å²) in [6, 6.07) is 0.329. The second-order valence-electron chi connectivity index (χ2n) is 9.54. The van der Waals surface area contributed by atoms with Gasteiger partial charge in [0, 0.05) is 24.4 Å². The molecule has 3 saturated carbocycles. The van der Waals surface area contributed by atoms with E-state index >= 15 is 0 Å². The van der Waals surface area contributed by atoms with Crippen LogP contribution in [0.5, 0.6) is 0 Å². The van der Waals surface area contributed by atoms with Gasteiger partial charge in [0.25, 0.3) is 5.91 Å². The normalized spacial score (nSPS) is 30.9. The van der Waals surface area contributed by atoms with Gasteiger partial charge in [0.05, 0.1) is 5.01 Å². The Hall–Kier alpha value is -1.63. The van der Waals surface area contributed by atoms with Crippen LogP contribution in [0, 0.1) is 23.7 Å². The molecule has 1 aromatic rings. The van der Waals surface area contributed by atoms with E-state index in [4.69, 9.17) is 4.74 Å². The minimum absolute atomic E-state index is 0.0466. The average Bonchev–Trinajstić information content (AvgIpc) is 3.35. The zero-order chi connectivity index (χ0) is 19.9. The molecule has 0 spiro atoms. The zero-order valence-electron chi connectivity index (χ0n) is 17.0. The van der Waals surface area contributed by atoms with Gasteiger partial charge in [-0.1, -0.05) is 6.42 Å². The van der Waals surface area contributed by atoms with Crippen molar-refractivity contribution in [3.05, 3.63) is 16.1 Å². The van der Waals surface area contributed by atoms with Crippen LogP contribution in [0.3, 0.4) is 0 Å². The Bertz CT molecular complexity index is 741. The number of alkyl carbamates (subject to hydrolysis) is 1. The van der Waals surface area contributed by atoms with Crippen molar-refractivity contribution in [2.24, 2.45) is 23.7 Å². The summed E-state index contributed by atoms with van der Waals surface area (Å²) in [6.07, 6.45) is 6.74. The molecule has 0 aromatic carbocycles. The standard InChI is InChI=1S/C21H31N3O3S/c1-21(2,3)27-20(26)22-8-7-18-23-17(11-28-18)19(25)24-16-10-12-9-15(16)14-6-4-5-13(12)14/h11-16H,4-10H2,1-3H3,(H,22,26)(H,24,25). The summed E-state index contributed by atoms with van der Waals surface area (Å²) in [5, 5.41) is 8.67. The third kappa shape index (κ3) is 4.19. The van der Waals surface area contributed by atoms with Crippen molar-refractivity contribution in [2.45, 2.75) is 70.9 Å². The number of hydrogen-bond acceptors (Lipinski definition) is 5. The number of hydrogen-bond donors (Lipinski definition) is 2. The van der Waals surface area contributed by atoms with E-state index in [1.807, 2.05) is 26.2 Å². The van der Waals surface area contributed by atoms with Gasteiger partial charge < -0.3 is 15.4 Å². The smallest absolute Gasteiger partial charge is 0.407 e. The van der Waals surface area contributed by atoms with E-state index in [2.05, 4.69) is 15.6 Å². The van der Waals surface area contributed by atoms with Crippen molar-refractivity contribution in [1.82, 2.24) is 15.6 Å². The summed E-state index contributed by atoms with van der Waals surface area (Å²) in [4.78, 5) is 28.8. The quantitative estimate of drug-likeness (QED) is 0.781. The molecule has 1 aromatic heterocycles. The van der Waals surface area contributed by atoms with Gasteiger partial charge in [-0.2, -0.15) is 0 Å². The first-order valence-electron chi connectivity index (χ1n) is 10.5. The van der Waals surface area contributed by atoms with Crippen LogP contribution in [-0.2, 0) is 11.2 Å². The fraction of sp³-hybridized carbons (Fsp3) is 0.762. The largest absolute Gasteiger partial charge is 0.444 e. The maximum absolute atomic E-state index is 12.7.